The van der Waals surface area contributed by atoms with Crippen LogP contribution in [-0.4, -0.2) is 43.3 Å². The van der Waals surface area contributed by atoms with Crippen molar-refractivity contribution in [2.45, 2.75) is 70.0 Å². The molecular weight excluding hydrogens is 653 g/mol. The minimum atomic E-state index is -4.19. The van der Waals surface area contributed by atoms with Crippen LogP contribution in [0.15, 0.2) is 108 Å². The lowest BCUT2D eigenvalue weighted by atomic mass is 10.0. The SMILES string of the molecule is CC(C)c1ccc(N(CC(=O)N(Cc2ccc(Cl)cc2Cl)C(Cc2ccccc2)C(=O)NC(C)(C)C)S(=O)(=O)c2ccccc2)cc1. The highest BCUT2D eigenvalue weighted by Crippen LogP contribution is 2.28. The largest absolute Gasteiger partial charge is 0.350 e. The van der Waals surface area contributed by atoms with Crippen molar-refractivity contribution in [3.8, 4) is 0 Å². The van der Waals surface area contributed by atoms with Crippen LogP contribution in [0, 0.1) is 0 Å². The maximum absolute atomic E-state index is 14.6. The first-order valence-electron chi connectivity index (χ1n) is 15.4. The first-order chi connectivity index (χ1) is 22.2. The summed E-state index contributed by atoms with van der Waals surface area (Å²) in [4.78, 5) is 30.1. The van der Waals surface area contributed by atoms with Gasteiger partial charge in [0.1, 0.15) is 12.6 Å². The molecule has 0 spiro atoms. The van der Waals surface area contributed by atoms with Crippen molar-refractivity contribution in [1.29, 1.82) is 0 Å². The van der Waals surface area contributed by atoms with Crippen molar-refractivity contribution in [3.05, 3.63) is 130 Å². The van der Waals surface area contributed by atoms with Crippen molar-refractivity contribution in [1.82, 2.24) is 10.2 Å². The molecule has 0 aliphatic carbocycles. The maximum Gasteiger partial charge on any atom is 0.264 e. The molecule has 47 heavy (non-hydrogen) atoms. The average Bonchev–Trinajstić information content (AvgIpc) is 3.02. The Balaban J connectivity index is 1.84. The number of benzene rings is 4. The predicted molar refractivity (Wildman–Crippen MR) is 190 cm³/mol. The normalized spacial score (nSPS) is 12.4. The number of amides is 2. The molecule has 248 valence electrons. The maximum atomic E-state index is 14.6. The molecule has 0 saturated carbocycles. The quantitative estimate of drug-likeness (QED) is 0.164. The molecular formula is C37H41Cl2N3O4S. The highest BCUT2D eigenvalue weighted by atomic mass is 35.5. The smallest absolute Gasteiger partial charge is 0.264 e. The van der Waals surface area contributed by atoms with Crippen LogP contribution in [0.3, 0.4) is 0 Å². The number of carbonyl (C=O) groups excluding carboxylic acids is 2. The summed E-state index contributed by atoms with van der Waals surface area (Å²) >= 11 is 12.8. The van der Waals surface area contributed by atoms with Crippen LogP contribution in [0.1, 0.15) is 57.2 Å². The third-order valence-corrected chi connectivity index (χ3v) is 9.96. The molecule has 1 unspecified atom stereocenters. The van der Waals surface area contributed by atoms with Gasteiger partial charge in [-0.05, 0) is 79.8 Å². The summed E-state index contributed by atoms with van der Waals surface area (Å²) in [7, 11) is -4.19. The third kappa shape index (κ3) is 9.60. The van der Waals surface area contributed by atoms with Crippen molar-refractivity contribution in [2.75, 3.05) is 10.8 Å². The van der Waals surface area contributed by atoms with E-state index < -0.39 is 34.1 Å². The number of halogens is 2. The minimum absolute atomic E-state index is 0.0411. The van der Waals surface area contributed by atoms with Crippen molar-refractivity contribution >= 4 is 50.7 Å². The van der Waals surface area contributed by atoms with Crippen LogP contribution in [-0.2, 0) is 32.6 Å². The van der Waals surface area contributed by atoms with Gasteiger partial charge in [-0.1, -0.05) is 104 Å². The summed E-state index contributed by atoms with van der Waals surface area (Å²) in [5.41, 5.74) is 2.15. The molecule has 0 fully saturated rings. The molecule has 4 aromatic carbocycles. The van der Waals surface area contributed by atoms with E-state index in [0.717, 1.165) is 15.4 Å². The summed E-state index contributed by atoms with van der Waals surface area (Å²) in [5, 5.41) is 3.77. The van der Waals surface area contributed by atoms with Crippen LogP contribution in [0.4, 0.5) is 5.69 Å². The molecule has 2 amide bonds. The number of rotatable bonds is 12. The van der Waals surface area contributed by atoms with Crippen molar-refractivity contribution in [2.24, 2.45) is 0 Å². The van der Waals surface area contributed by atoms with Gasteiger partial charge >= 0.3 is 0 Å². The Morgan fingerprint density at radius 2 is 1.43 bits per heavy atom. The van der Waals surface area contributed by atoms with Crippen LogP contribution in [0.5, 0.6) is 0 Å². The number of hydrogen-bond donors (Lipinski definition) is 1. The second kappa shape index (κ2) is 15.4. The van der Waals surface area contributed by atoms with E-state index in [1.54, 1.807) is 48.5 Å². The predicted octanol–water partition coefficient (Wildman–Crippen LogP) is 7.87. The van der Waals surface area contributed by atoms with E-state index >= 15 is 0 Å². The average molecular weight is 695 g/mol. The summed E-state index contributed by atoms with van der Waals surface area (Å²) in [6.45, 7) is 9.07. The first kappa shape index (κ1) is 36.0. The molecule has 1 N–H and O–H groups in total. The molecule has 0 aliphatic heterocycles. The molecule has 0 bridgehead atoms. The molecule has 0 heterocycles. The molecule has 10 heteroatoms. The fourth-order valence-corrected chi connectivity index (χ4v) is 7.02. The molecule has 4 aromatic rings. The molecule has 4 rings (SSSR count). The number of sulfonamides is 1. The standard InChI is InChI=1S/C37H41Cl2N3O4S/c1-26(2)28-17-20-31(21-18-28)42(47(45,46)32-14-10-7-11-15-32)25-35(43)41(24-29-16-19-30(38)23-33(29)39)34(36(44)40-37(3,4)5)22-27-12-8-6-9-13-27/h6-21,23,26,34H,22,24-25H2,1-5H3,(H,40,44). The zero-order valence-electron chi connectivity index (χ0n) is 27.3. The van der Waals surface area contributed by atoms with E-state index in [1.807, 2.05) is 77.1 Å². The Labute approximate surface area is 288 Å². The summed E-state index contributed by atoms with van der Waals surface area (Å²) in [6.07, 6.45) is 0.189. The third-order valence-electron chi connectivity index (χ3n) is 7.58. The molecule has 0 aliphatic rings. The summed E-state index contributed by atoms with van der Waals surface area (Å²) < 4.78 is 29.5. The highest BCUT2D eigenvalue weighted by Gasteiger charge is 2.36. The zero-order chi connectivity index (χ0) is 34.4. The van der Waals surface area contributed by atoms with E-state index in [0.29, 0.717) is 21.3 Å². The van der Waals surface area contributed by atoms with Gasteiger partial charge in [0, 0.05) is 28.5 Å². The molecule has 1 atom stereocenters. The lowest BCUT2D eigenvalue weighted by Gasteiger charge is -2.35. The Hall–Kier alpha value is -3.85. The van der Waals surface area contributed by atoms with Crippen molar-refractivity contribution < 1.29 is 18.0 Å². The molecule has 7 nitrogen and oxygen atoms in total. The van der Waals surface area contributed by atoms with Gasteiger partial charge in [0.2, 0.25) is 11.8 Å². The monoisotopic (exact) mass is 693 g/mol. The van der Waals surface area contributed by atoms with E-state index in [2.05, 4.69) is 5.32 Å². The second-order valence-corrected chi connectivity index (χ2v) is 15.5. The van der Waals surface area contributed by atoms with Crippen LogP contribution >= 0.6 is 23.2 Å². The summed E-state index contributed by atoms with van der Waals surface area (Å²) in [6, 6.07) is 28.4. The Morgan fingerprint density at radius 3 is 1.98 bits per heavy atom. The van der Waals surface area contributed by atoms with Gasteiger partial charge in [-0.15, -0.1) is 0 Å². The van der Waals surface area contributed by atoms with Crippen LogP contribution in [0.25, 0.3) is 0 Å². The van der Waals surface area contributed by atoms with Gasteiger partial charge in [0.05, 0.1) is 10.6 Å². The fourth-order valence-electron chi connectivity index (χ4n) is 5.11. The van der Waals surface area contributed by atoms with Gasteiger partial charge < -0.3 is 10.2 Å². The van der Waals surface area contributed by atoms with Gasteiger partial charge in [-0.3, -0.25) is 13.9 Å². The number of nitrogens with zero attached hydrogens (tertiary/aromatic N) is 2. The fraction of sp³-hybridized carbons (Fsp3) is 0.297. The van der Waals surface area contributed by atoms with Gasteiger partial charge in [0.15, 0.2) is 0 Å². The second-order valence-electron chi connectivity index (χ2n) is 12.8. The number of nitrogens with one attached hydrogen (secondary N) is 1. The van der Waals surface area contributed by atoms with E-state index in [4.69, 9.17) is 23.2 Å². The van der Waals surface area contributed by atoms with Gasteiger partial charge in [0.25, 0.3) is 10.0 Å². The number of hydrogen-bond acceptors (Lipinski definition) is 4. The highest BCUT2D eigenvalue weighted by molar-refractivity contribution is 7.92. The lowest BCUT2D eigenvalue weighted by molar-refractivity contribution is -0.140. The van der Waals surface area contributed by atoms with Gasteiger partial charge in [-0.25, -0.2) is 8.42 Å². The van der Waals surface area contributed by atoms with Crippen molar-refractivity contribution in [3.63, 3.8) is 0 Å². The van der Waals surface area contributed by atoms with Crippen LogP contribution in [0.2, 0.25) is 10.0 Å². The van der Waals surface area contributed by atoms with Crippen LogP contribution < -0.4 is 9.62 Å². The lowest BCUT2D eigenvalue weighted by Crippen LogP contribution is -2.56. The molecule has 0 radical (unpaired) electrons. The molecule has 0 saturated heterocycles. The molecule has 0 aromatic heterocycles. The number of carbonyl (C=O) groups is 2. The minimum Gasteiger partial charge on any atom is -0.350 e. The Kier molecular flexibility index (Phi) is 11.8. The zero-order valence-corrected chi connectivity index (χ0v) is 29.6. The Morgan fingerprint density at radius 1 is 0.830 bits per heavy atom. The van der Waals surface area contributed by atoms with E-state index in [-0.39, 0.29) is 29.7 Å². The topological polar surface area (TPSA) is 86.8 Å². The van der Waals surface area contributed by atoms with E-state index in [1.165, 1.54) is 17.0 Å². The summed E-state index contributed by atoms with van der Waals surface area (Å²) in [5.74, 6) is -0.725. The van der Waals surface area contributed by atoms with Gasteiger partial charge in [-0.2, -0.15) is 0 Å². The number of anilines is 1. The Bertz CT molecular complexity index is 1780. The first-order valence-corrected chi connectivity index (χ1v) is 17.6. The van der Waals surface area contributed by atoms with E-state index in [9.17, 15) is 18.0 Å².